The fourth-order valence-electron chi connectivity index (χ4n) is 2.23. The molecule has 2 rings (SSSR count). The lowest BCUT2D eigenvalue weighted by Gasteiger charge is -2.30. The third-order valence-electron chi connectivity index (χ3n) is 3.53. The summed E-state index contributed by atoms with van der Waals surface area (Å²) in [6.45, 7) is 1.44. The summed E-state index contributed by atoms with van der Waals surface area (Å²) in [6, 6.07) is 1.48. The molecule has 0 spiro atoms. The summed E-state index contributed by atoms with van der Waals surface area (Å²) in [5.74, 6) is 0. The van der Waals surface area contributed by atoms with E-state index in [1.807, 2.05) is 0 Å². The second-order valence-corrected chi connectivity index (χ2v) is 6.88. The van der Waals surface area contributed by atoms with E-state index in [0.717, 1.165) is 25.4 Å². The van der Waals surface area contributed by atoms with Crippen LogP contribution in [0.3, 0.4) is 0 Å². The minimum atomic E-state index is -4.58. The topological polar surface area (TPSA) is 62.3 Å². The molecule has 1 aromatic heterocycles. The van der Waals surface area contributed by atoms with Crippen LogP contribution in [0.4, 0.5) is 13.2 Å². The molecule has 0 bridgehead atoms. The van der Waals surface area contributed by atoms with Gasteiger partial charge in [0.2, 0.25) is 10.0 Å². The highest BCUT2D eigenvalue weighted by Gasteiger charge is 2.34. The molecule has 0 radical (unpaired) electrons. The Morgan fingerprint density at radius 1 is 1.29 bits per heavy atom. The first kappa shape index (κ1) is 16.2. The smallest absolute Gasteiger partial charge is 0.317 e. The SMILES string of the molecule is CN(C1CCNCC1)S(=O)(=O)c1ccc(C(F)(F)F)nc1. The highest BCUT2D eigenvalue weighted by Crippen LogP contribution is 2.28. The van der Waals surface area contributed by atoms with E-state index in [9.17, 15) is 21.6 Å². The molecule has 0 aromatic carbocycles. The highest BCUT2D eigenvalue weighted by molar-refractivity contribution is 7.89. The average molecular weight is 323 g/mol. The van der Waals surface area contributed by atoms with Crippen LogP contribution in [-0.2, 0) is 16.2 Å². The van der Waals surface area contributed by atoms with E-state index in [1.165, 1.54) is 11.4 Å². The Labute approximate surface area is 121 Å². The van der Waals surface area contributed by atoms with Gasteiger partial charge in [-0.3, -0.25) is 4.98 Å². The van der Waals surface area contributed by atoms with Crippen LogP contribution in [0.1, 0.15) is 18.5 Å². The van der Waals surface area contributed by atoms with E-state index in [0.29, 0.717) is 18.9 Å². The first-order valence-corrected chi connectivity index (χ1v) is 7.89. The molecule has 9 heteroatoms. The number of rotatable bonds is 3. The molecule has 0 saturated carbocycles. The van der Waals surface area contributed by atoms with Crippen LogP contribution in [0.15, 0.2) is 23.2 Å². The van der Waals surface area contributed by atoms with Crippen molar-refractivity contribution in [3.63, 3.8) is 0 Å². The summed E-state index contributed by atoms with van der Waals surface area (Å²) in [5, 5.41) is 3.13. The molecule has 0 amide bonds. The molecule has 0 unspecified atom stereocenters. The van der Waals surface area contributed by atoms with Gasteiger partial charge in [-0.2, -0.15) is 17.5 Å². The highest BCUT2D eigenvalue weighted by atomic mass is 32.2. The summed E-state index contributed by atoms with van der Waals surface area (Å²) in [5.41, 5.74) is -1.11. The third-order valence-corrected chi connectivity index (χ3v) is 5.42. The summed E-state index contributed by atoms with van der Waals surface area (Å²) >= 11 is 0. The number of hydrogen-bond donors (Lipinski definition) is 1. The Bertz CT molecular complexity index is 581. The second kappa shape index (κ2) is 5.90. The predicted molar refractivity (Wildman–Crippen MR) is 70.1 cm³/mol. The molecule has 0 atom stereocenters. The number of piperidine rings is 1. The largest absolute Gasteiger partial charge is 0.433 e. The predicted octanol–water partition coefficient (Wildman–Crippen LogP) is 1.47. The zero-order chi connectivity index (χ0) is 15.7. The van der Waals surface area contributed by atoms with Crippen LogP contribution in [0.5, 0.6) is 0 Å². The van der Waals surface area contributed by atoms with Gasteiger partial charge in [0.25, 0.3) is 0 Å². The summed E-state index contributed by atoms with van der Waals surface area (Å²) in [6.07, 6.45) is -2.48. The van der Waals surface area contributed by atoms with Crippen LogP contribution in [-0.4, -0.2) is 43.9 Å². The molecule has 0 aliphatic carbocycles. The summed E-state index contributed by atoms with van der Waals surface area (Å²) in [4.78, 5) is 2.98. The van der Waals surface area contributed by atoms with Gasteiger partial charge in [-0.25, -0.2) is 8.42 Å². The van der Waals surface area contributed by atoms with Crippen LogP contribution < -0.4 is 5.32 Å². The molecule has 1 aliphatic rings. The second-order valence-electron chi connectivity index (χ2n) is 4.88. The maximum absolute atomic E-state index is 12.4. The van der Waals surface area contributed by atoms with Crippen molar-refractivity contribution >= 4 is 10.0 Å². The van der Waals surface area contributed by atoms with Crippen LogP contribution in [0.2, 0.25) is 0 Å². The maximum Gasteiger partial charge on any atom is 0.433 e. The number of sulfonamides is 1. The van der Waals surface area contributed by atoms with Gasteiger partial charge >= 0.3 is 6.18 Å². The zero-order valence-electron chi connectivity index (χ0n) is 11.4. The van der Waals surface area contributed by atoms with Crippen molar-refractivity contribution < 1.29 is 21.6 Å². The van der Waals surface area contributed by atoms with Gasteiger partial charge in [-0.15, -0.1) is 0 Å². The van der Waals surface area contributed by atoms with E-state index in [-0.39, 0.29) is 10.9 Å². The molecule has 1 N–H and O–H groups in total. The lowest BCUT2D eigenvalue weighted by molar-refractivity contribution is -0.141. The first-order valence-electron chi connectivity index (χ1n) is 6.45. The van der Waals surface area contributed by atoms with Crippen molar-refractivity contribution in [1.29, 1.82) is 0 Å². The van der Waals surface area contributed by atoms with Gasteiger partial charge in [-0.05, 0) is 38.1 Å². The van der Waals surface area contributed by atoms with Gasteiger partial charge in [-0.1, -0.05) is 0 Å². The molecule has 118 valence electrons. The van der Waals surface area contributed by atoms with Gasteiger partial charge in [0, 0.05) is 19.3 Å². The number of halogens is 3. The molecule has 2 heterocycles. The minimum absolute atomic E-state index is 0.154. The van der Waals surface area contributed by atoms with Crippen LogP contribution in [0, 0.1) is 0 Å². The van der Waals surface area contributed by atoms with Gasteiger partial charge in [0.1, 0.15) is 10.6 Å². The van der Waals surface area contributed by atoms with Crippen molar-refractivity contribution in [2.24, 2.45) is 0 Å². The quantitative estimate of drug-likeness (QED) is 0.915. The van der Waals surface area contributed by atoms with Crippen molar-refractivity contribution in [1.82, 2.24) is 14.6 Å². The van der Waals surface area contributed by atoms with Crippen molar-refractivity contribution in [2.45, 2.75) is 30.0 Å². The molecular formula is C12H16F3N3O2S. The molecule has 1 saturated heterocycles. The van der Waals surface area contributed by atoms with Crippen LogP contribution >= 0.6 is 0 Å². The van der Waals surface area contributed by atoms with E-state index >= 15 is 0 Å². The zero-order valence-corrected chi connectivity index (χ0v) is 12.2. The lowest BCUT2D eigenvalue weighted by Crippen LogP contribution is -2.43. The van der Waals surface area contributed by atoms with Crippen molar-refractivity contribution in [3.05, 3.63) is 24.0 Å². The van der Waals surface area contributed by atoms with Gasteiger partial charge in [0.05, 0.1) is 0 Å². The fraction of sp³-hybridized carbons (Fsp3) is 0.583. The first-order chi connectivity index (χ1) is 9.73. The number of pyridine rings is 1. The van der Waals surface area contributed by atoms with Crippen LogP contribution in [0.25, 0.3) is 0 Å². The summed E-state index contributed by atoms with van der Waals surface area (Å²) in [7, 11) is -2.38. The summed E-state index contributed by atoms with van der Waals surface area (Å²) < 4.78 is 63.3. The maximum atomic E-state index is 12.4. The molecular weight excluding hydrogens is 307 g/mol. The van der Waals surface area contributed by atoms with E-state index in [4.69, 9.17) is 0 Å². The number of hydrogen-bond acceptors (Lipinski definition) is 4. The molecule has 1 aliphatic heterocycles. The number of alkyl halides is 3. The number of nitrogens with zero attached hydrogens (tertiary/aromatic N) is 2. The monoisotopic (exact) mass is 323 g/mol. The Balaban J connectivity index is 2.22. The van der Waals surface area contributed by atoms with E-state index in [1.54, 1.807) is 0 Å². The molecule has 1 fully saturated rings. The van der Waals surface area contributed by atoms with E-state index in [2.05, 4.69) is 10.3 Å². The average Bonchev–Trinajstić information content (AvgIpc) is 2.46. The lowest BCUT2D eigenvalue weighted by atomic mass is 10.1. The molecule has 1 aromatic rings. The Morgan fingerprint density at radius 2 is 1.90 bits per heavy atom. The standard InChI is InChI=1S/C12H16F3N3O2S/c1-18(9-4-6-16-7-5-9)21(19,20)10-2-3-11(17-8-10)12(13,14)15/h2-3,8-9,16H,4-7H2,1H3. The minimum Gasteiger partial charge on any atom is -0.317 e. The Morgan fingerprint density at radius 3 is 2.38 bits per heavy atom. The fourth-order valence-corrected chi connectivity index (χ4v) is 3.60. The normalized spacial score (nSPS) is 18.1. The van der Waals surface area contributed by atoms with Gasteiger partial charge in [0.15, 0.2) is 0 Å². The third kappa shape index (κ3) is 3.53. The van der Waals surface area contributed by atoms with Crippen molar-refractivity contribution in [2.75, 3.05) is 20.1 Å². The number of nitrogens with one attached hydrogen (secondary N) is 1. The Kier molecular flexibility index (Phi) is 4.54. The van der Waals surface area contributed by atoms with E-state index < -0.39 is 21.9 Å². The molecule has 21 heavy (non-hydrogen) atoms. The van der Waals surface area contributed by atoms with Crippen molar-refractivity contribution in [3.8, 4) is 0 Å². The number of aromatic nitrogens is 1. The van der Waals surface area contributed by atoms with Gasteiger partial charge < -0.3 is 5.32 Å². The molecule has 5 nitrogen and oxygen atoms in total. The Hall–Kier alpha value is -1.19.